The van der Waals surface area contributed by atoms with E-state index in [0.717, 1.165) is 51.4 Å². The second-order valence-electron chi connectivity index (χ2n) is 8.04. The maximum atomic E-state index is 4.78. The molecule has 0 spiro atoms. The number of hydrogen-bond acceptors (Lipinski definition) is 3. The minimum absolute atomic E-state index is 0.870. The van der Waals surface area contributed by atoms with Crippen LogP contribution in [0.4, 0.5) is 0 Å². The van der Waals surface area contributed by atoms with Gasteiger partial charge in [-0.25, -0.2) is 9.97 Å². The Kier molecular flexibility index (Phi) is 3.99. The molecule has 6 rings (SSSR count). The fourth-order valence-corrected chi connectivity index (χ4v) is 4.14. The monoisotopic (exact) mass is 403 g/mol. The summed E-state index contributed by atoms with van der Waals surface area (Å²) < 4.78 is 0. The molecule has 0 atom stereocenters. The molecule has 2 N–H and O–H groups in total. The minimum Gasteiger partial charge on any atom is -0.376 e. The van der Waals surface area contributed by atoms with Crippen LogP contribution in [0.15, 0.2) is 60.8 Å². The van der Waals surface area contributed by atoms with Gasteiger partial charge in [0.2, 0.25) is 0 Å². The molecule has 0 amide bonds. The second-order valence-corrected chi connectivity index (χ2v) is 8.04. The molecule has 0 saturated heterocycles. The van der Waals surface area contributed by atoms with E-state index in [1.165, 1.54) is 11.1 Å². The lowest BCUT2D eigenvalue weighted by Gasteiger charge is -2.19. The fraction of sp³-hybridized carbons (Fsp3) is 0.0769. The first-order valence-electron chi connectivity index (χ1n) is 10.3. The van der Waals surface area contributed by atoms with E-state index in [2.05, 4.69) is 81.6 Å². The normalized spacial score (nSPS) is 14.9. The van der Waals surface area contributed by atoms with Crippen LogP contribution >= 0.6 is 0 Å². The van der Waals surface area contributed by atoms with Gasteiger partial charge in [0.1, 0.15) is 0 Å². The Hall–Kier alpha value is -4.12. The average molecular weight is 403 g/mol. The van der Waals surface area contributed by atoms with Gasteiger partial charge < -0.3 is 14.9 Å². The summed E-state index contributed by atoms with van der Waals surface area (Å²) in [6, 6.07) is 14.7. The van der Waals surface area contributed by atoms with Crippen molar-refractivity contribution >= 4 is 51.9 Å². The Balaban J connectivity index is 1.64. The molecule has 3 aliphatic rings. The number of rotatable bonds is 1. The highest BCUT2D eigenvalue weighted by molar-refractivity contribution is 5.87. The van der Waals surface area contributed by atoms with Crippen LogP contribution < -0.4 is 0 Å². The number of allylic oxidation sites excluding steroid dienone is 2. The van der Waals surface area contributed by atoms with Gasteiger partial charge in [-0.3, -0.25) is 0 Å². The SMILES string of the molecule is CN1C=CC=C(c2cc3cc4ccc(cc5nc(cc6nc(cc2[nH]3)C=C6)C=C5)[nH]4)C1. The molecule has 5 heteroatoms. The van der Waals surface area contributed by atoms with Crippen molar-refractivity contribution in [2.24, 2.45) is 0 Å². The van der Waals surface area contributed by atoms with E-state index in [1.807, 2.05) is 30.4 Å². The molecule has 3 aromatic rings. The summed E-state index contributed by atoms with van der Waals surface area (Å²) >= 11 is 0. The van der Waals surface area contributed by atoms with E-state index >= 15 is 0 Å². The molecule has 3 aromatic heterocycles. The Morgan fingerprint density at radius 3 is 2.16 bits per heavy atom. The van der Waals surface area contributed by atoms with Crippen LogP contribution in [0.25, 0.3) is 51.9 Å². The number of nitrogens with one attached hydrogen (secondary N) is 2. The van der Waals surface area contributed by atoms with Crippen molar-refractivity contribution in [3.63, 3.8) is 0 Å². The van der Waals surface area contributed by atoms with Crippen molar-refractivity contribution in [2.45, 2.75) is 0 Å². The zero-order valence-corrected chi connectivity index (χ0v) is 17.1. The molecule has 0 unspecified atom stereocenters. The molecule has 150 valence electrons. The summed E-state index contributed by atoms with van der Waals surface area (Å²) in [7, 11) is 2.09. The number of aromatic nitrogens is 4. The van der Waals surface area contributed by atoms with E-state index in [4.69, 9.17) is 4.98 Å². The molecule has 8 bridgehead atoms. The number of hydrogen-bond donors (Lipinski definition) is 2. The van der Waals surface area contributed by atoms with Crippen molar-refractivity contribution < 1.29 is 0 Å². The molecule has 0 aromatic carbocycles. The topological polar surface area (TPSA) is 60.6 Å². The van der Waals surface area contributed by atoms with Crippen molar-refractivity contribution in [2.75, 3.05) is 13.6 Å². The van der Waals surface area contributed by atoms with Gasteiger partial charge in [-0.1, -0.05) is 6.08 Å². The Morgan fingerprint density at radius 2 is 1.42 bits per heavy atom. The third-order valence-corrected chi connectivity index (χ3v) is 5.57. The third kappa shape index (κ3) is 3.51. The van der Waals surface area contributed by atoms with E-state index in [1.54, 1.807) is 0 Å². The summed E-state index contributed by atoms with van der Waals surface area (Å²) in [6.45, 7) is 0.870. The summed E-state index contributed by atoms with van der Waals surface area (Å²) in [4.78, 5) is 18.7. The molecule has 0 saturated carbocycles. The third-order valence-electron chi connectivity index (χ3n) is 5.57. The first-order valence-corrected chi connectivity index (χ1v) is 10.3. The maximum absolute atomic E-state index is 4.78. The zero-order chi connectivity index (χ0) is 20.8. The van der Waals surface area contributed by atoms with Gasteiger partial charge in [0.25, 0.3) is 0 Å². The Labute approximate surface area is 179 Å². The van der Waals surface area contributed by atoms with Gasteiger partial charge in [0.05, 0.1) is 22.8 Å². The van der Waals surface area contributed by atoms with Crippen LogP contribution in [-0.2, 0) is 0 Å². The molecular formula is C26H21N5. The molecule has 0 radical (unpaired) electrons. The fourth-order valence-electron chi connectivity index (χ4n) is 4.14. The smallest absolute Gasteiger partial charge is 0.0659 e. The molecule has 0 aliphatic carbocycles. The van der Waals surface area contributed by atoms with Crippen LogP contribution in [0.2, 0.25) is 0 Å². The van der Waals surface area contributed by atoms with E-state index in [0.29, 0.717) is 0 Å². The standard InChI is InChI=1S/C26H21N5/c1-31-10-2-3-17(16-31)25-14-24-13-22-7-6-20(28-22)11-18-4-5-19(27-18)12-21-8-9-23(29-21)15-26(25)30-24/h2-15,28,30H,16H2,1H3. The van der Waals surface area contributed by atoms with E-state index in [-0.39, 0.29) is 0 Å². The molecule has 6 heterocycles. The Morgan fingerprint density at radius 1 is 0.742 bits per heavy atom. The summed E-state index contributed by atoms with van der Waals surface area (Å²) in [5.41, 5.74) is 10.3. The highest BCUT2D eigenvalue weighted by atomic mass is 15.1. The number of fused-ring (bicyclic) bond motifs is 8. The van der Waals surface area contributed by atoms with Crippen LogP contribution in [-0.4, -0.2) is 38.4 Å². The largest absolute Gasteiger partial charge is 0.376 e. The zero-order valence-electron chi connectivity index (χ0n) is 17.1. The van der Waals surface area contributed by atoms with Crippen LogP contribution in [0.1, 0.15) is 28.3 Å². The van der Waals surface area contributed by atoms with E-state index in [9.17, 15) is 0 Å². The number of likely N-dealkylation sites (N-methyl/N-ethyl adjacent to an activating group) is 1. The summed E-state index contributed by atoms with van der Waals surface area (Å²) in [5, 5.41) is 0. The highest BCUT2D eigenvalue weighted by Crippen LogP contribution is 2.26. The average Bonchev–Trinajstić information content (AvgIpc) is 3.53. The second kappa shape index (κ2) is 6.99. The van der Waals surface area contributed by atoms with Crippen molar-refractivity contribution in [1.29, 1.82) is 0 Å². The highest BCUT2D eigenvalue weighted by Gasteiger charge is 2.11. The minimum atomic E-state index is 0.870. The number of nitrogens with zero attached hydrogens (tertiary/aromatic N) is 3. The van der Waals surface area contributed by atoms with Crippen LogP contribution in [0.5, 0.6) is 0 Å². The predicted octanol–water partition coefficient (Wildman–Crippen LogP) is 5.50. The maximum Gasteiger partial charge on any atom is 0.0659 e. The first-order chi connectivity index (χ1) is 15.2. The molecule has 31 heavy (non-hydrogen) atoms. The molecule has 3 aliphatic heterocycles. The lowest BCUT2D eigenvalue weighted by Crippen LogP contribution is -2.15. The van der Waals surface area contributed by atoms with Gasteiger partial charge in [-0.05, 0) is 84.6 Å². The molecule has 0 fully saturated rings. The van der Waals surface area contributed by atoms with Gasteiger partial charge in [0.15, 0.2) is 0 Å². The van der Waals surface area contributed by atoms with Crippen molar-refractivity contribution in [3.8, 4) is 0 Å². The summed E-state index contributed by atoms with van der Waals surface area (Å²) in [5.74, 6) is 0. The Bertz CT molecular complexity index is 1480. The number of H-pyrrole nitrogens is 2. The first kappa shape index (κ1) is 17.7. The lowest BCUT2D eigenvalue weighted by atomic mass is 10.0. The molecular weight excluding hydrogens is 382 g/mol. The van der Waals surface area contributed by atoms with Crippen LogP contribution in [0, 0.1) is 0 Å². The lowest BCUT2D eigenvalue weighted by molar-refractivity contribution is 0.513. The van der Waals surface area contributed by atoms with Gasteiger partial charge in [0, 0.05) is 41.2 Å². The predicted molar refractivity (Wildman–Crippen MR) is 129 cm³/mol. The van der Waals surface area contributed by atoms with Gasteiger partial charge in [-0.2, -0.15) is 0 Å². The number of aromatic amines is 2. The van der Waals surface area contributed by atoms with Gasteiger partial charge in [-0.15, -0.1) is 0 Å². The quantitative estimate of drug-likeness (QED) is 0.389. The van der Waals surface area contributed by atoms with Crippen LogP contribution in [0.3, 0.4) is 0 Å². The van der Waals surface area contributed by atoms with Crippen molar-refractivity contribution in [3.05, 3.63) is 89.2 Å². The molecule has 5 nitrogen and oxygen atoms in total. The van der Waals surface area contributed by atoms with Crippen molar-refractivity contribution in [1.82, 2.24) is 24.8 Å². The van der Waals surface area contributed by atoms with E-state index < -0.39 is 0 Å². The van der Waals surface area contributed by atoms with Gasteiger partial charge >= 0.3 is 0 Å². The summed E-state index contributed by atoms with van der Waals surface area (Å²) in [6.07, 6.45) is 14.5.